The van der Waals surface area contributed by atoms with Crippen LogP contribution in [0.1, 0.15) is 31.3 Å². The number of rotatable bonds is 2. The molecule has 3 nitrogen and oxygen atoms in total. The van der Waals surface area contributed by atoms with Crippen LogP contribution in [0.15, 0.2) is 30.3 Å². The van der Waals surface area contributed by atoms with Crippen molar-refractivity contribution in [2.75, 3.05) is 0 Å². The lowest BCUT2D eigenvalue weighted by molar-refractivity contribution is 0.475. The summed E-state index contributed by atoms with van der Waals surface area (Å²) in [6, 6.07) is 9.02. The van der Waals surface area contributed by atoms with E-state index in [9.17, 15) is 5.11 Å². The van der Waals surface area contributed by atoms with Crippen molar-refractivity contribution in [3.63, 3.8) is 0 Å². The van der Waals surface area contributed by atoms with Crippen LogP contribution in [0, 0.1) is 6.92 Å². The lowest BCUT2D eigenvalue weighted by Gasteiger charge is -2.08. The molecule has 0 saturated carbocycles. The van der Waals surface area contributed by atoms with Gasteiger partial charge in [0.05, 0.1) is 5.69 Å². The molecule has 88 valence electrons. The standard InChI is InChI=1S/C14H16N2O/c1-9(2)14-15-10(3)8-13(16-14)11-4-6-12(17)7-5-11/h4-9,17H,1-3H3. The molecule has 0 saturated heterocycles. The predicted molar refractivity (Wildman–Crippen MR) is 68.0 cm³/mol. The molecule has 0 aliphatic rings. The number of phenols is 1. The summed E-state index contributed by atoms with van der Waals surface area (Å²) < 4.78 is 0. The molecule has 2 rings (SSSR count). The van der Waals surface area contributed by atoms with E-state index in [4.69, 9.17) is 0 Å². The van der Waals surface area contributed by atoms with Crippen molar-refractivity contribution >= 4 is 0 Å². The first-order chi connectivity index (χ1) is 8.06. The zero-order valence-corrected chi connectivity index (χ0v) is 10.3. The molecule has 0 amide bonds. The van der Waals surface area contributed by atoms with Crippen LogP contribution in [0.2, 0.25) is 0 Å². The van der Waals surface area contributed by atoms with Gasteiger partial charge in [-0.1, -0.05) is 13.8 Å². The second kappa shape index (κ2) is 4.53. The lowest BCUT2D eigenvalue weighted by atomic mass is 10.1. The fourth-order valence-corrected chi connectivity index (χ4v) is 1.63. The lowest BCUT2D eigenvalue weighted by Crippen LogP contribution is -2.00. The molecule has 1 N–H and O–H groups in total. The predicted octanol–water partition coefficient (Wildman–Crippen LogP) is 3.28. The third kappa shape index (κ3) is 2.61. The Labute approximate surface area is 101 Å². The molecular weight excluding hydrogens is 212 g/mol. The fourth-order valence-electron chi connectivity index (χ4n) is 1.63. The molecule has 1 heterocycles. The Morgan fingerprint density at radius 3 is 2.29 bits per heavy atom. The molecule has 0 radical (unpaired) electrons. The number of hydrogen-bond acceptors (Lipinski definition) is 3. The van der Waals surface area contributed by atoms with E-state index in [2.05, 4.69) is 23.8 Å². The molecule has 0 bridgehead atoms. The Morgan fingerprint density at radius 2 is 1.71 bits per heavy atom. The van der Waals surface area contributed by atoms with E-state index in [0.29, 0.717) is 5.92 Å². The van der Waals surface area contributed by atoms with Gasteiger partial charge in [0, 0.05) is 17.2 Å². The van der Waals surface area contributed by atoms with Gasteiger partial charge in [-0.25, -0.2) is 9.97 Å². The van der Waals surface area contributed by atoms with E-state index in [1.807, 2.05) is 25.1 Å². The number of phenolic OH excluding ortho intramolecular Hbond substituents is 1. The number of nitrogens with zero attached hydrogens (tertiary/aromatic N) is 2. The van der Waals surface area contributed by atoms with Crippen LogP contribution >= 0.6 is 0 Å². The molecule has 1 aromatic heterocycles. The van der Waals surface area contributed by atoms with Gasteiger partial charge in [0.2, 0.25) is 0 Å². The van der Waals surface area contributed by atoms with Crippen LogP contribution in [-0.4, -0.2) is 15.1 Å². The minimum Gasteiger partial charge on any atom is -0.508 e. The first kappa shape index (κ1) is 11.6. The molecule has 0 aliphatic carbocycles. The summed E-state index contributed by atoms with van der Waals surface area (Å²) in [5.41, 5.74) is 2.86. The van der Waals surface area contributed by atoms with E-state index < -0.39 is 0 Å². The minimum atomic E-state index is 0.267. The number of hydrogen-bond donors (Lipinski definition) is 1. The summed E-state index contributed by atoms with van der Waals surface area (Å²) in [5, 5.41) is 9.27. The molecule has 3 heteroatoms. The Bertz CT molecular complexity index is 518. The van der Waals surface area contributed by atoms with Gasteiger partial charge in [0.1, 0.15) is 11.6 Å². The summed E-state index contributed by atoms with van der Waals surface area (Å²) >= 11 is 0. The van der Waals surface area contributed by atoms with Crippen LogP contribution in [0.5, 0.6) is 5.75 Å². The summed E-state index contributed by atoms with van der Waals surface area (Å²) in [7, 11) is 0. The summed E-state index contributed by atoms with van der Waals surface area (Å²) in [6.45, 7) is 6.13. The SMILES string of the molecule is Cc1cc(-c2ccc(O)cc2)nc(C(C)C)n1. The van der Waals surface area contributed by atoms with Gasteiger partial charge in [-0.15, -0.1) is 0 Å². The van der Waals surface area contributed by atoms with E-state index in [0.717, 1.165) is 22.8 Å². The second-order valence-electron chi connectivity index (χ2n) is 4.45. The Balaban J connectivity index is 2.48. The zero-order chi connectivity index (χ0) is 12.4. The number of aromatic nitrogens is 2. The Morgan fingerprint density at radius 1 is 1.06 bits per heavy atom. The largest absolute Gasteiger partial charge is 0.508 e. The van der Waals surface area contributed by atoms with Gasteiger partial charge in [-0.2, -0.15) is 0 Å². The van der Waals surface area contributed by atoms with Gasteiger partial charge in [0.15, 0.2) is 0 Å². The van der Waals surface area contributed by atoms with Crippen molar-refractivity contribution in [1.82, 2.24) is 9.97 Å². The van der Waals surface area contributed by atoms with Crippen molar-refractivity contribution in [2.24, 2.45) is 0 Å². The average molecular weight is 228 g/mol. The van der Waals surface area contributed by atoms with Gasteiger partial charge in [-0.3, -0.25) is 0 Å². The maximum absolute atomic E-state index is 9.27. The first-order valence-electron chi connectivity index (χ1n) is 5.71. The highest BCUT2D eigenvalue weighted by Gasteiger charge is 2.07. The highest BCUT2D eigenvalue weighted by atomic mass is 16.3. The van der Waals surface area contributed by atoms with E-state index in [-0.39, 0.29) is 5.75 Å². The third-order valence-electron chi connectivity index (χ3n) is 2.55. The summed E-state index contributed by atoms with van der Waals surface area (Å²) in [6.07, 6.45) is 0. The molecule has 0 fully saturated rings. The minimum absolute atomic E-state index is 0.267. The molecule has 0 unspecified atom stereocenters. The normalized spacial score (nSPS) is 10.8. The molecular formula is C14H16N2O. The van der Waals surface area contributed by atoms with Crippen LogP contribution in [0.3, 0.4) is 0 Å². The Hall–Kier alpha value is -1.90. The van der Waals surface area contributed by atoms with Crippen molar-refractivity contribution < 1.29 is 5.11 Å². The number of aromatic hydroxyl groups is 1. The van der Waals surface area contributed by atoms with Gasteiger partial charge < -0.3 is 5.11 Å². The Kier molecular flexibility index (Phi) is 3.09. The van der Waals surface area contributed by atoms with Gasteiger partial charge in [-0.05, 0) is 37.3 Å². The molecule has 0 atom stereocenters. The van der Waals surface area contributed by atoms with Crippen LogP contribution in [0.4, 0.5) is 0 Å². The molecule has 17 heavy (non-hydrogen) atoms. The van der Waals surface area contributed by atoms with E-state index >= 15 is 0 Å². The molecule has 2 aromatic rings. The average Bonchev–Trinajstić information content (AvgIpc) is 2.29. The van der Waals surface area contributed by atoms with Crippen molar-refractivity contribution in [1.29, 1.82) is 0 Å². The van der Waals surface area contributed by atoms with Crippen LogP contribution in [0.25, 0.3) is 11.3 Å². The monoisotopic (exact) mass is 228 g/mol. The number of aryl methyl sites for hydroxylation is 1. The first-order valence-corrected chi connectivity index (χ1v) is 5.71. The second-order valence-corrected chi connectivity index (χ2v) is 4.45. The summed E-state index contributed by atoms with van der Waals surface area (Å²) in [4.78, 5) is 8.96. The van der Waals surface area contributed by atoms with E-state index in [1.165, 1.54) is 0 Å². The summed E-state index contributed by atoms with van der Waals surface area (Å²) in [5.74, 6) is 1.43. The molecule has 0 spiro atoms. The van der Waals surface area contributed by atoms with E-state index in [1.54, 1.807) is 12.1 Å². The fraction of sp³-hybridized carbons (Fsp3) is 0.286. The maximum atomic E-state index is 9.27. The van der Waals surface area contributed by atoms with Crippen LogP contribution in [-0.2, 0) is 0 Å². The highest BCUT2D eigenvalue weighted by Crippen LogP contribution is 2.22. The van der Waals surface area contributed by atoms with Crippen molar-refractivity contribution in [3.8, 4) is 17.0 Å². The highest BCUT2D eigenvalue weighted by molar-refractivity contribution is 5.60. The third-order valence-corrected chi connectivity index (χ3v) is 2.55. The zero-order valence-electron chi connectivity index (χ0n) is 10.3. The van der Waals surface area contributed by atoms with Crippen molar-refractivity contribution in [3.05, 3.63) is 41.9 Å². The van der Waals surface area contributed by atoms with Crippen molar-refractivity contribution in [2.45, 2.75) is 26.7 Å². The van der Waals surface area contributed by atoms with Gasteiger partial charge in [0.25, 0.3) is 0 Å². The maximum Gasteiger partial charge on any atom is 0.131 e. The van der Waals surface area contributed by atoms with Gasteiger partial charge >= 0.3 is 0 Å². The molecule has 1 aromatic carbocycles. The molecule has 0 aliphatic heterocycles. The topological polar surface area (TPSA) is 46.0 Å². The quantitative estimate of drug-likeness (QED) is 0.858. The number of benzene rings is 1. The van der Waals surface area contributed by atoms with Crippen LogP contribution < -0.4 is 0 Å². The smallest absolute Gasteiger partial charge is 0.131 e.